The molecular formula is C20H20ClN3O. The minimum absolute atomic E-state index is 0.376. The van der Waals surface area contributed by atoms with Crippen molar-refractivity contribution in [3.63, 3.8) is 0 Å². The predicted octanol–water partition coefficient (Wildman–Crippen LogP) is 3.95. The molecular weight excluding hydrogens is 334 g/mol. The van der Waals surface area contributed by atoms with Crippen molar-refractivity contribution in [1.82, 2.24) is 9.78 Å². The topological polar surface area (TPSA) is 60.9 Å². The molecule has 1 heterocycles. The highest BCUT2D eigenvalue weighted by atomic mass is 35.5. The first-order valence-corrected chi connectivity index (χ1v) is 8.51. The second kappa shape index (κ2) is 7.11. The molecule has 25 heavy (non-hydrogen) atoms. The largest absolute Gasteiger partial charge is 0.369 e. The quantitative estimate of drug-likeness (QED) is 0.754. The number of hydrogen-bond donors (Lipinski definition) is 1. The van der Waals surface area contributed by atoms with E-state index in [0.29, 0.717) is 11.4 Å². The number of para-hydroxylation sites is 1. The Morgan fingerprint density at radius 3 is 2.40 bits per heavy atom. The second-order valence-electron chi connectivity index (χ2n) is 6.08. The van der Waals surface area contributed by atoms with Crippen LogP contribution in [0, 0.1) is 13.8 Å². The summed E-state index contributed by atoms with van der Waals surface area (Å²) in [5, 5.41) is 5.26. The molecule has 2 N–H and O–H groups in total. The molecule has 5 heteroatoms. The van der Waals surface area contributed by atoms with Gasteiger partial charge in [0.25, 0.3) is 0 Å². The van der Waals surface area contributed by atoms with Crippen LogP contribution in [0.3, 0.4) is 0 Å². The average Bonchev–Trinajstić information content (AvgIpc) is 2.89. The molecule has 0 aliphatic rings. The first-order chi connectivity index (χ1) is 12.0. The molecule has 1 aromatic heterocycles. The predicted molar refractivity (Wildman–Crippen MR) is 100 cm³/mol. The molecule has 0 fully saturated rings. The minimum Gasteiger partial charge on any atom is -0.369 e. The van der Waals surface area contributed by atoms with Gasteiger partial charge in [-0.1, -0.05) is 48.0 Å². The second-order valence-corrected chi connectivity index (χ2v) is 6.49. The number of benzene rings is 2. The molecule has 0 bridgehead atoms. The summed E-state index contributed by atoms with van der Waals surface area (Å²) in [4.78, 5) is 12.2. The SMILES string of the molecule is Cc1nn(-c2ccccc2)c(C)c1C(Cc1ccccc1Cl)C(N)=O. The highest BCUT2D eigenvalue weighted by Gasteiger charge is 2.26. The van der Waals surface area contributed by atoms with Gasteiger partial charge in [-0.3, -0.25) is 4.79 Å². The van der Waals surface area contributed by atoms with Gasteiger partial charge in [-0.25, -0.2) is 4.68 Å². The van der Waals surface area contributed by atoms with Crippen molar-refractivity contribution in [2.45, 2.75) is 26.2 Å². The normalized spacial score (nSPS) is 12.1. The number of nitrogens with two attached hydrogens (primary N) is 1. The lowest BCUT2D eigenvalue weighted by molar-refractivity contribution is -0.119. The average molecular weight is 354 g/mol. The van der Waals surface area contributed by atoms with Gasteiger partial charge in [0.15, 0.2) is 0 Å². The van der Waals surface area contributed by atoms with E-state index in [1.165, 1.54) is 0 Å². The number of nitrogens with zero attached hydrogens (tertiary/aromatic N) is 2. The Morgan fingerprint density at radius 1 is 1.12 bits per heavy atom. The Morgan fingerprint density at radius 2 is 1.76 bits per heavy atom. The van der Waals surface area contributed by atoms with Crippen molar-refractivity contribution >= 4 is 17.5 Å². The van der Waals surface area contributed by atoms with Crippen molar-refractivity contribution in [1.29, 1.82) is 0 Å². The number of hydrogen-bond acceptors (Lipinski definition) is 2. The van der Waals surface area contributed by atoms with E-state index in [1.807, 2.05) is 73.1 Å². The van der Waals surface area contributed by atoms with E-state index in [9.17, 15) is 4.79 Å². The molecule has 1 unspecified atom stereocenters. The highest BCUT2D eigenvalue weighted by Crippen LogP contribution is 2.30. The third-order valence-electron chi connectivity index (χ3n) is 4.42. The summed E-state index contributed by atoms with van der Waals surface area (Å²) >= 11 is 6.27. The Bertz CT molecular complexity index is 903. The van der Waals surface area contributed by atoms with Crippen LogP contribution in [-0.4, -0.2) is 15.7 Å². The van der Waals surface area contributed by atoms with Gasteiger partial charge in [0.1, 0.15) is 0 Å². The first kappa shape index (κ1) is 17.2. The van der Waals surface area contributed by atoms with E-state index >= 15 is 0 Å². The lowest BCUT2D eigenvalue weighted by atomic mass is 9.90. The molecule has 3 rings (SSSR count). The number of aromatic nitrogens is 2. The van der Waals surface area contributed by atoms with E-state index in [0.717, 1.165) is 28.2 Å². The maximum atomic E-state index is 12.2. The van der Waals surface area contributed by atoms with E-state index in [-0.39, 0.29) is 5.91 Å². The van der Waals surface area contributed by atoms with Crippen molar-refractivity contribution in [3.05, 3.63) is 82.1 Å². The van der Waals surface area contributed by atoms with Crippen molar-refractivity contribution in [3.8, 4) is 5.69 Å². The Kier molecular flexibility index (Phi) is 4.91. The Labute approximate surface area is 152 Å². The van der Waals surface area contributed by atoms with Crippen LogP contribution in [0.1, 0.15) is 28.4 Å². The summed E-state index contributed by atoms with van der Waals surface area (Å²) in [5.74, 6) is -0.851. The molecule has 0 saturated heterocycles. The van der Waals surface area contributed by atoms with Gasteiger partial charge in [0.2, 0.25) is 5.91 Å². The van der Waals surface area contributed by atoms with Crippen molar-refractivity contribution in [2.75, 3.05) is 0 Å². The fourth-order valence-electron chi connectivity index (χ4n) is 3.21. The Balaban J connectivity index is 2.05. The summed E-state index contributed by atoms with van der Waals surface area (Å²) in [6.07, 6.45) is 0.456. The highest BCUT2D eigenvalue weighted by molar-refractivity contribution is 6.31. The summed E-state index contributed by atoms with van der Waals surface area (Å²) in [7, 11) is 0. The maximum Gasteiger partial charge on any atom is 0.225 e. The molecule has 0 aliphatic carbocycles. The van der Waals surface area contributed by atoms with Crippen LogP contribution in [0.25, 0.3) is 5.69 Å². The smallest absolute Gasteiger partial charge is 0.225 e. The first-order valence-electron chi connectivity index (χ1n) is 8.13. The van der Waals surface area contributed by atoms with E-state index in [4.69, 9.17) is 17.3 Å². The number of carbonyl (C=O) groups excluding carboxylic acids is 1. The summed E-state index contributed by atoms with van der Waals surface area (Å²) in [5.41, 5.74) is 10.2. The van der Waals surface area contributed by atoms with Crippen LogP contribution in [-0.2, 0) is 11.2 Å². The number of primary amides is 1. The van der Waals surface area contributed by atoms with Gasteiger partial charge >= 0.3 is 0 Å². The lowest BCUT2D eigenvalue weighted by Crippen LogP contribution is -2.24. The van der Waals surface area contributed by atoms with Gasteiger partial charge in [-0.2, -0.15) is 5.10 Å². The van der Waals surface area contributed by atoms with Crippen molar-refractivity contribution < 1.29 is 4.79 Å². The monoisotopic (exact) mass is 353 g/mol. The number of amides is 1. The molecule has 0 aliphatic heterocycles. The molecule has 4 nitrogen and oxygen atoms in total. The summed E-state index contributed by atoms with van der Waals surface area (Å²) in [6.45, 7) is 3.87. The molecule has 1 atom stereocenters. The molecule has 0 saturated carbocycles. The molecule has 1 amide bonds. The van der Waals surface area contributed by atoms with Crippen LogP contribution < -0.4 is 5.73 Å². The Hall–Kier alpha value is -2.59. The molecule has 0 radical (unpaired) electrons. The zero-order valence-corrected chi connectivity index (χ0v) is 15.0. The van der Waals surface area contributed by atoms with Gasteiger partial charge in [0.05, 0.1) is 17.3 Å². The standard InChI is InChI=1S/C20H20ClN3O/c1-13-19(14(2)24(23-13)16-9-4-3-5-10-16)17(20(22)25)12-15-8-6-7-11-18(15)21/h3-11,17H,12H2,1-2H3,(H2,22,25). The minimum atomic E-state index is -0.475. The van der Waals surface area contributed by atoms with Crippen LogP contribution in [0.4, 0.5) is 0 Å². The molecule has 128 valence electrons. The molecule has 2 aromatic carbocycles. The van der Waals surface area contributed by atoms with Crippen LogP contribution in [0.5, 0.6) is 0 Å². The van der Waals surface area contributed by atoms with E-state index < -0.39 is 5.92 Å². The van der Waals surface area contributed by atoms with Crippen molar-refractivity contribution in [2.24, 2.45) is 5.73 Å². The van der Waals surface area contributed by atoms with Gasteiger partial charge in [-0.15, -0.1) is 0 Å². The van der Waals surface area contributed by atoms with Crippen LogP contribution in [0.15, 0.2) is 54.6 Å². The van der Waals surface area contributed by atoms with Crippen LogP contribution in [0.2, 0.25) is 5.02 Å². The van der Waals surface area contributed by atoms with Gasteiger partial charge < -0.3 is 5.73 Å². The molecule has 0 spiro atoms. The number of halogens is 1. The summed E-state index contributed by atoms with van der Waals surface area (Å²) < 4.78 is 1.85. The van der Waals surface area contributed by atoms with Gasteiger partial charge in [0, 0.05) is 16.3 Å². The number of carbonyl (C=O) groups is 1. The zero-order chi connectivity index (χ0) is 18.0. The van der Waals surface area contributed by atoms with Gasteiger partial charge in [-0.05, 0) is 44.0 Å². The van der Waals surface area contributed by atoms with E-state index in [1.54, 1.807) is 0 Å². The number of aryl methyl sites for hydroxylation is 1. The fourth-order valence-corrected chi connectivity index (χ4v) is 3.42. The third kappa shape index (κ3) is 3.44. The fraction of sp³-hybridized carbons (Fsp3) is 0.200. The van der Waals surface area contributed by atoms with Crippen LogP contribution >= 0.6 is 11.6 Å². The third-order valence-corrected chi connectivity index (χ3v) is 4.79. The zero-order valence-electron chi connectivity index (χ0n) is 14.2. The molecule has 3 aromatic rings. The number of rotatable bonds is 5. The lowest BCUT2D eigenvalue weighted by Gasteiger charge is -2.15. The van der Waals surface area contributed by atoms with E-state index in [2.05, 4.69) is 5.10 Å². The maximum absolute atomic E-state index is 12.2. The summed E-state index contributed by atoms with van der Waals surface area (Å²) in [6, 6.07) is 17.4.